The Morgan fingerprint density at radius 2 is 1.88 bits per heavy atom. The molecule has 0 saturated carbocycles. The van der Waals surface area contributed by atoms with Gasteiger partial charge in [0.2, 0.25) is 0 Å². The summed E-state index contributed by atoms with van der Waals surface area (Å²) in [6, 6.07) is 3.76. The Hall–Kier alpha value is -1.19. The standard InChI is InChI=1S/C12H16F3N/c1-8(2)7-16-11-5-4-10(6-9(11)3)12(13,14)15/h4-6,8,16H,7H2,1-3H3. The summed E-state index contributed by atoms with van der Waals surface area (Å²) in [5.41, 5.74) is 0.789. The molecule has 1 rings (SSSR count). The van der Waals surface area contributed by atoms with Gasteiger partial charge in [-0.1, -0.05) is 13.8 Å². The van der Waals surface area contributed by atoms with Gasteiger partial charge in [0, 0.05) is 12.2 Å². The van der Waals surface area contributed by atoms with Gasteiger partial charge < -0.3 is 5.32 Å². The molecule has 0 aromatic heterocycles. The van der Waals surface area contributed by atoms with E-state index in [9.17, 15) is 13.2 Å². The van der Waals surface area contributed by atoms with Crippen LogP contribution in [-0.4, -0.2) is 6.54 Å². The third-order valence-corrected chi connectivity index (χ3v) is 2.25. The molecule has 0 unspecified atom stereocenters. The highest BCUT2D eigenvalue weighted by Crippen LogP contribution is 2.31. The van der Waals surface area contributed by atoms with Crippen molar-refractivity contribution in [3.8, 4) is 0 Å². The Morgan fingerprint density at radius 3 is 2.31 bits per heavy atom. The van der Waals surface area contributed by atoms with E-state index in [1.165, 1.54) is 12.1 Å². The van der Waals surface area contributed by atoms with Crippen molar-refractivity contribution in [1.29, 1.82) is 0 Å². The fourth-order valence-electron chi connectivity index (χ4n) is 1.35. The molecule has 0 aliphatic carbocycles. The lowest BCUT2D eigenvalue weighted by Gasteiger charge is -2.14. The fraction of sp³-hybridized carbons (Fsp3) is 0.500. The van der Waals surface area contributed by atoms with Gasteiger partial charge in [-0.05, 0) is 36.6 Å². The molecular weight excluding hydrogens is 215 g/mol. The summed E-state index contributed by atoms with van der Waals surface area (Å²) in [6.45, 7) is 6.53. The van der Waals surface area contributed by atoms with Crippen molar-refractivity contribution in [3.63, 3.8) is 0 Å². The van der Waals surface area contributed by atoms with Crippen molar-refractivity contribution in [2.24, 2.45) is 5.92 Å². The lowest BCUT2D eigenvalue weighted by Crippen LogP contribution is -2.10. The van der Waals surface area contributed by atoms with Gasteiger partial charge in [-0.15, -0.1) is 0 Å². The van der Waals surface area contributed by atoms with Crippen LogP contribution in [-0.2, 0) is 6.18 Å². The monoisotopic (exact) mass is 231 g/mol. The minimum absolute atomic E-state index is 0.460. The molecule has 0 radical (unpaired) electrons. The van der Waals surface area contributed by atoms with Gasteiger partial charge in [0.05, 0.1) is 5.56 Å². The molecule has 0 aliphatic heterocycles. The van der Waals surface area contributed by atoms with Crippen molar-refractivity contribution in [2.75, 3.05) is 11.9 Å². The molecule has 0 atom stereocenters. The van der Waals surface area contributed by atoms with E-state index < -0.39 is 11.7 Å². The summed E-state index contributed by atoms with van der Waals surface area (Å²) in [5.74, 6) is 0.460. The first kappa shape index (κ1) is 12.9. The Balaban J connectivity index is 2.84. The summed E-state index contributed by atoms with van der Waals surface area (Å²) in [5, 5.41) is 3.12. The smallest absolute Gasteiger partial charge is 0.385 e. The second kappa shape index (κ2) is 4.76. The molecule has 0 fully saturated rings. The third kappa shape index (κ3) is 3.43. The van der Waals surface area contributed by atoms with Crippen molar-refractivity contribution in [2.45, 2.75) is 26.9 Å². The average Bonchev–Trinajstić information content (AvgIpc) is 2.14. The Bertz CT molecular complexity index is 356. The molecule has 0 amide bonds. The molecule has 0 heterocycles. The maximum Gasteiger partial charge on any atom is 0.416 e. The Labute approximate surface area is 93.7 Å². The molecule has 0 spiro atoms. The van der Waals surface area contributed by atoms with Gasteiger partial charge in [0.15, 0.2) is 0 Å². The Kier molecular flexibility index (Phi) is 3.83. The van der Waals surface area contributed by atoms with E-state index in [1.54, 1.807) is 6.92 Å². The van der Waals surface area contributed by atoms with E-state index >= 15 is 0 Å². The van der Waals surface area contributed by atoms with E-state index in [0.717, 1.165) is 18.3 Å². The van der Waals surface area contributed by atoms with Crippen LogP contribution in [0.1, 0.15) is 25.0 Å². The molecule has 0 bridgehead atoms. The van der Waals surface area contributed by atoms with Crippen LogP contribution in [0, 0.1) is 12.8 Å². The average molecular weight is 231 g/mol. The third-order valence-electron chi connectivity index (χ3n) is 2.25. The number of aryl methyl sites for hydroxylation is 1. The van der Waals surface area contributed by atoms with Crippen LogP contribution in [0.5, 0.6) is 0 Å². The van der Waals surface area contributed by atoms with Gasteiger partial charge in [0.1, 0.15) is 0 Å². The lowest BCUT2D eigenvalue weighted by atomic mass is 10.1. The van der Waals surface area contributed by atoms with Gasteiger partial charge >= 0.3 is 6.18 Å². The van der Waals surface area contributed by atoms with Crippen LogP contribution >= 0.6 is 0 Å². The zero-order valence-corrected chi connectivity index (χ0v) is 9.65. The maximum atomic E-state index is 12.4. The normalized spacial score (nSPS) is 11.9. The van der Waals surface area contributed by atoms with E-state index in [0.29, 0.717) is 11.5 Å². The SMILES string of the molecule is Cc1cc(C(F)(F)F)ccc1NCC(C)C. The number of rotatable bonds is 3. The van der Waals surface area contributed by atoms with Gasteiger partial charge in [-0.3, -0.25) is 0 Å². The number of alkyl halides is 3. The number of hydrogen-bond donors (Lipinski definition) is 1. The zero-order valence-electron chi connectivity index (χ0n) is 9.65. The van der Waals surface area contributed by atoms with Crippen molar-refractivity contribution in [1.82, 2.24) is 0 Å². The molecule has 1 aromatic rings. The molecule has 90 valence electrons. The van der Waals surface area contributed by atoms with Crippen LogP contribution < -0.4 is 5.32 Å². The molecule has 16 heavy (non-hydrogen) atoms. The van der Waals surface area contributed by atoms with Crippen LogP contribution in [0.2, 0.25) is 0 Å². The summed E-state index contributed by atoms with van der Waals surface area (Å²) in [6.07, 6.45) is -4.26. The first-order valence-electron chi connectivity index (χ1n) is 5.22. The molecule has 1 nitrogen and oxygen atoms in total. The van der Waals surface area contributed by atoms with Gasteiger partial charge in [-0.2, -0.15) is 13.2 Å². The predicted molar refractivity (Wildman–Crippen MR) is 59.5 cm³/mol. The number of benzene rings is 1. The van der Waals surface area contributed by atoms with Gasteiger partial charge in [0.25, 0.3) is 0 Å². The summed E-state index contributed by atoms with van der Waals surface area (Å²) < 4.78 is 37.2. The van der Waals surface area contributed by atoms with Crippen LogP contribution in [0.15, 0.2) is 18.2 Å². The van der Waals surface area contributed by atoms with Crippen LogP contribution in [0.4, 0.5) is 18.9 Å². The summed E-state index contributed by atoms with van der Waals surface area (Å²) in [4.78, 5) is 0. The first-order chi connectivity index (χ1) is 7.30. The van der Waals surface area contributed by atoms with Crippen molar-refractivity contribution in [3.05, 3.63) is 29.3 Å². The van der Waals surface area contributed by atoms with E-state index in [1.807, 2.05) is 13.8 Å². The molecule has 0 aliphatic rings. The predicted octanol–water partition coefficient (Wildman–Crippen LogP) is 4.08. The highest BCUT2D eigenvalue weighted by atomic mass is 19.4. The summed E-state index contributed by atoms with van der Waals surface area (Å²) in [7, 11) is 0. The minimum Gasteiger partial charge on any atom is -0.385 e. The Morgan fingerprint density at radius 1 is 1.25 bits per heavy atom. The highest BCUT2D eigenvalue weighted by Gasteiger charge is 2.30. The zero-order chi connectivity index (χ0) is 12.3. The largest absolute Gasteiger partial charge is 0.416 e. The topological polar surface area (TPSA) is 12.0 Å². The molecule has 0 saturated heterocycles. The van der Waals surface area contributed by atoms with E-state index in [-0.39, 0.29) is 0 Å². The first-order valence-corrected chi connectivity index (χ1v) is 5.22. The van der Waals surface area contributed by atoms with Crippen LogP contribution in [0.25, 0.3) is 0 Å². The number of halogens is 3. The van der Waals surface area contributed by atoms with Crippen molar-refractivity contribution < 1.29 is 13.2 Å². The summed E-state index contributed by atoms with van der Waals surface area (Å²) >= 11 is 0. The van der Waals surface area contributed by atoms with Crippen LogP contribution in [0.3, 0.4) is 0 Å². The quantitative estimate of drug-likeness (QED) is 0.826. The van der Waals surface area contributed by atoms with E-state index in [4.69, 9.17) is 0 Å². The molecule has 1 aromatic carbocycles. The molecule has 1 N–H and O–H groups in total. The fourth-order valence-corrected chi connectivity index (χ4v) is 1.35. The highest BCUT2D eigenvalue weighted by molar-refractivity contribution is 5.52. The number of nitrogens with one attached hydrogen (secondary N) is 1. The maximum absolute atomic E-state index is 12.4. The van der Waals surface area contributed by atoms with Gasteiger partial charge in [-0.25, -0.2) is 0 Å². The van der Waals surface area contributed by atoms with Crippen molar-refractivity contribution >= 4 is 5.69 Å². The molecule has 4 heteroatoms. The second-order valence-corrected chi connectivity index (χ2v) is 4.30. The minimum atomic E-state index is -4.26. The molecular formula is C12H16F3N. The number of anilines is 1. The van der Waals surface area contributed by atoms with E-state index in [2.05, 4.69) is 5.32 Å². The second-order valence-electron chi connectivity index (χ2n) is 4.30. The lowest BCUT2D eigenvalue weighted by molar-refractivity contribution is -0.137. The number of hydrogen-bond acceptors (Lipinski definition) is 1.